The Morgan fingerprint density at radius 3 is 2.20 bits per heavy atom. The SMILES string of the molecule is Cc1ccc(S(=O)(=O)N(CC(=O)N(Cc2ccccc2F)C(C)C(=O)NCC(C)C)c2ccc(Cl)c(Cl)c2)cc1. The van der Waals surface area contributed by atoms with Gasteiger partial charge < -0.3 is 10.2 Å². The maximum atomic E-state index is 14.6. The predicted molar refractivity (Wildman–Crippen MR) is 156 cm³/mol. The summed E-state index contributed by atoms with van der Waals surface area (Å²) in [6, 6.07) is 15.3. The first kappa shape index (κ1) is 31.4. The molecule has 0 aliphatic heterocycles. The summed E-state index contributed by atoms with van der Waals surface area (Å²) < 4.78 is 43.2. The summed E-state index contributed by atoms with van der Waals surface area (Å²) in [5.74, 6) is -1.54. The first-order chi connectivity index (χ1) is 18.8. The maximum absolute atomic E-state index is 14.6. The summed E-state index contributed by atoms with van der Waals surface area (Å²) in [5, 5.41) is 3.09. The second-order valence-electron chi connectivity index (χ2n) is 9.85. The topological polar surface area (TPSA) is 86.8 Å². The second-order valence-corrected chi connectivity index (χ2v) is 12.5. The number of rotatable bonds is 11. The monoisotopic (exact) mass is 607 g/mol. The van der Waals surface area contributed by atoms with Gasteiger partial charge in [-0.3, -0.25) is 13.9 Å². The Morgan fingerprint density at radius 1 is 0.950 bits per heavy atom. The van der Waals surface area contributed by atoms with Crippen LogP contribution >= 0.6 is 23.2 Å². The van der Waals surface area contributed by atoms with Gasteiger partial charge in [0.1, 0.15) is 18.4 Å². The van der Waals surface area contributed by atoms with Gasteiger partial charge in [0.2, 0.25) is 11.8 Å². The largest absolute Gasteiger partial charge is 0.354 e. The van der Waals surface area contributed by atoms with E-state index in [0.717, 1.165) is 9.87 Å². The van der Waals surface area contributed by atoms with Crippen LogP contribution in [0.25, 0.3) is 0 Å². The fourth-order valence-corrected chi connectivity index (χ4v) is 5.55. The number of hydrogen-bond donors (Lipinski definition) is 1. The third-order valence-corrected chi connectivity index (χ3v) is 8.76. The van der Waals surface area contributed by atoms with Gasteiger partial charge in [-0.25, -0.2) is 12.8 Å². The zero-order chi connectivity index (χ0) is 29.6. The van der Waals surface area contributed by atoms with Gasteiger partial charge in [-0.05, 0) is 56.2 Å². The van der Waals surface area contributed by atoms with E-state index in [1.165, 1.54) is 60.4 Å². The van der Waals surface area contributed by atoms with Gasteiger partial charge in [-0.15, -0.1) is 0 Å². The fraction of sp³-hybridized carbons (Fsp3) is 0.310. The van der Waals surface area contributed by atoms with Gasteiger partial charge in [0.15, 0.2) is 0 Å². The molecular formula is C29H32Cl2FN3O4S. The van der Waals surface area contributed by atoms with Crippen molar-refractivity contribution in [3.63, 3.8) is 0 Å². The Labute approximate surface area is 244 Å². The molecule has 0 aromatic heterocycles. The molecule has 0 bridgehead atoms. The highest BCUT2D eigenvalue weighted by atomic mass is 35.5. The van der Waals surface area contributed by atoms with Crippen LogP contribution in [-0.2, 0) is 26.2 Å². The number of aryl methyl sites for hydroxylation is 1. The zero-order valence-electron chi connectivity index (χ0n) is 22.7. The van der Waals surface area contributed by atoms with Crippen LogP contribution in [0.3, 0.4) is 0 Å². The molecule has 0 spiro atoms. The Balaban J connectivity index is 2.05. The first-order valence-electron chi connectivity index (χ1n) is 12.7. The lowest BCUT2D eigenvalue weighted by molar-refractivity contribution is -0.139. The smallest absolute Gasteiger partial charge is 0.264 e. The second kappa shape index (κ2) is 13.5. The van der Waals surface area contributed by atoms with Gasteiger partial charge in [0, 0.05) is 18.7 Å². The number of hydrogen-bond acceptors (Lipinski definition) is 4. The van der Waals surface area contributed by atoms with Gasteiger partial charge in [-0.2, -0.15) is 0 Å². The Bertz CT molecular complexity index is 1470. The molecule has 3 rings (SSSR count). The summed E-state index contributed by atoms with van der Waals surface area (Å²) in [5.41, 5.74) is 1.14. The number of anilines is 1. The number of carbonyl (C=O) groups is 2. The molecule has 40 heavy (non-hydrogen) atoms. The molecule has 0 saturated heterocycles. The summed E-state index contributed by atoms with van der Waals surface area (Å²) in [4.78, 5) is 28.0. The molecule has 3 aromatic rings. The van der Waals surface area contributed by atoms with Crippen LogP contribution in [-0.4, -0.2) is 44.3 Å². The Kier molecular flexibility index (Phi) is 10.6. The molecule has 1 unspecified atom stereocenters. The number of amides is 2. The molecule has 0 fully saturated rings. The predicted octanol–water partition coefficient (Wildman–Crippen LogP) is 5.83. The lowest BCUT2D eigenvalue weighted by Gasteiger charge is -2.32. The molecule has 0 aliphatic rings. The van der Waals surface area contributed by atoms with E-state index >= 15 is 0 Å². The fourth-order valence-electron chi connectivity index (χ4n) is 3.85. The molecule has 0 heterocycles. The number of nitrogens with zero attached hydrogens (tertiary/aromatic N) is 2. The summed E-state index contributed by atoms with van der Waals surface area (Å²) in [6.07, 6.45) is 0. The maximum Gasteiger partial charge on any atom is 0.264 e. The van der Waals surface area contributed by atoms with E-state index in [1.807, 2.05) is 20.8 Å². The molecule has 0 radical (unpaired) electrons. The van der Waals surface area contributed by atoms with E-state index < -0.39 is 40.2 Å². The molecule has 1 N–H and O–H groups in total. The van der Waals surface area contributed by atoms with Crippen LogP contribution < -0.4 is 9.62 Å². The average Bonchev–Trinajstić information content (AvgIpc) is 2.91. The first-order valence-corrected chi connectivity index (χ1v) is 14.9. The minimum Gasteiger partial charge on any atom is -0.354 e. The highest BCUT2D eigenvalue weighted by Crippen LogP contribution is 2.31. The molecule has 2 amide bonds. The molecule has 7 nitrogen and oxygen atoms in total. The van der Waals surface area contributed by atoms with Crippen molar-refractivity contribution in [2.75, 3.05) is 17.4 Å². The number of sulfonamides is 1. The van der Waals surface area contributed by atoms with Crippen molar-refractivity contribution < 1.29 is 22.4 Å². The average molecular weight is 609 g/mol. The normalized spacial score (nSPS) is 12.2. The van der Waals surface area contributed by atoms with E-state index in [-0.39, 0.29) is 38.7 Å². The minimum absolute atomic E-state index is 0.0413. The van der Waals surface area contributed by atoms with Crippen molar-refractivity contribution in [1.82, 2.24) is 10.2 Å². The summed E-state index contributed by atoms with van der Waals surface area (Å²) in [6.45, 7) is 6.65. The molecule has 11 heteroatoms. The lowest BCUT2D eigenvalue weighted by atomic mass is 10.1. The van der Waals surface area contributed by atoms with Crippen molar-refractivity contribution in [3.8, 4) is 0 Å². The summed E-state index contributed by atoms with van der Waals surface area (Å²) in [7, 11) is -4.27. The van der Waals surface area contributed by atoms with Crippen molar-refractivity contribution in [1.29, 1.82) is 0 Å². The molecule has 0 saturated carbocycles. The van der Waals surface area contributed by atoms with Crippen molar-refractivity contribution in [2.45, 2.75) is 45.2 Å². The van der Waals surface area contributed by atoms with Crippen LogP contribution in [0.4, 0.5) is 10.1 Å². The van der Waals surface area contributed by atoms with Crippen LogP contribution in [0.1, 0.15) is 31.9 Å². The highest BCUT2D eigenvalue weighted by Gasteiger charge is 2.33. The van der Waals surface area contributed by atoms with Gasteiger partial charge >= 0.3 is 0 Å². The Morgan fingerprint density at radius 2 is 1.60 bits per heavy atom. The standard InChI is InChI=1S/C29H32Cl2FN3O4S/c1-19(2)16-33-29(37)21(4)34(17-22-7-5-6-8-27(22)32)28(36)18-35(23-11-14-25(30)26(31)15-23)40(38,39)24-12-9-20(3)10-13-24/h5-15,19,21H,16-18H2,1-4H3,(H,33,37). The highest BCUT2D eigenvalue weighted by molar-refractivity contribution is 7.92. The van der Waals surface area contributed by atoms with Crippen molar-refractivity contribution in [3.05, 3.63) is 93.7 Å². The summed E-state index contributed by atoms with van der Waals surface area (Å²) >= 11 is 12.3. The van der Waals surface area contributed by atoms with E-state index in [0.29, 0.717) is 6.54 Å². The molecular weight excluding hydrogens is 576 g/mol. The van der Waals surface area contributed by atoms with E-state index in [9.17, 15) is 22.4 Å². The lowest BCUT2D eigenvalue weighted by Crippen LogP contribution is -2.51. The number of carbonyl (C=O) groups excluding carboxylic acids is 2. The number of benzene rings is 3. The molecule has 214 valence electrons. The van der Waals surface area contributed by atoms with E-state index in [1.54, 1.807) is 18.2 Å². The minimum atomic E-state index is -4.27. The van der Waals surface area contributed by atoms with E-state index in [2.05, 4.69) is 5.32 Å². The Hall–Kier alpha value is -3.14. The zero-order valence-corrected chi connectivity index (χ0v) is 25.0. The number of halogens is 3. The van der Waals surface area contributed by atoms with Crippen LogP contribution in [0, 0.1) is 18.7 Å². The quantitative estimate of drug-likeness (QED) is 0.297. The van der Waals surface area contributed by atoms with Crippen LogP contribution in [0.15, 0.2) is 71.6 Å². The van der Waals surface area contributed by atoms with Gasteiger partial charge in [-0.1, -0.05) is 72.9 Å². The van der Waals surface area contributed by atoms with Gasteiger partial charge in [0.25, 0.3) is 10.0 Å². The van der Waals surface area contributed by atoms with Crippen molar-refractivity contribution >= 4 is 50.7 Å². The third-order valence-electron chi connectivity index (χ3n) is 6.23. The van der Waals surface area contributed by atoms with Crippen molar-refractivity contribution in [2.24, 2.45) is 5.92 Å². The van der Waals surface area contributed by atoms with Gasteiger partial charge in [0.05, 0.1) is 20.6 Å². The van der Waals surface area contributed by atoms with Crippen LogP contribution in [0.2, 0.25) is 10.0 Å². The van der Waals surface area contributed by atoms with E-state index in [4.69, 9.17) is 23.2 Å². The molecule has 1 atom stereocenters. The third kappa shape index (κ3) is 7.74. The number of nitrogens with one attached hydrogen (secondary N) is 1. The molecule has 3 aromatic carbocycles. The van der Waals surface area contributed by atoms with Crippen LogP contribution in [0.5, 0.6) is 0 Å². The molecule has 0 aliphatic carbocycles.